The lowest BCUT2D eigenvalue weighted by Gasteiger charge is -2.21. The molecule has 1 heterocycles. The molecule has 1 aromatic carbocycles. The Kier molecular flexibility index (Phi) is 8.43. The molecule has 2 aromatic rings. The maximum absolute atomic E-state index is 12.8. The number of rotatable bonds is 9. The maximum Gasteiger partial charge on any atom is 0.245 e. The summed E-state index contributed by atoms with van der Waals surface area (Å²) in [5.74, 6) is -0.204. The summed E-state index contributed by atoms with van der Waals surface area (Å²) < 4.78 is 6.75. The van der Waals surface area contributed by atoms with Crippen LogP contribution in [0, 0.1) is 6.92 Å². The van der Waals surface area contributed by atoms with Gasteiger partial charge in [-0.15, -0.1) is 11.6 Å². The highest BCUT2D eigenvalue weighted by molar-refractivity contribution is 6.27. The molecule has 0 saturated carbocycles. The van der Waals surface area contributed by atoms with Crippen LogP contribution in [0.3, 0.4) is 0 Å². The number of hydrogen-bond donors (Lipinski definition) is 1. The third-order valence-corrected chi connectivity index (χ3v) is 4.83. The van der Waals surface area contributed by atoms with E-state index in [0.717, 1.165) is 16.9 Å². The van der Waals surface area contributed by atoms with E-state index in [1.54, 1.807) is 11.8 Å². The molecule has 1 N–H and O–H groups in total. The van der Waals surface area contributed by atoms with Crippen LogP contribution in [0.2, 0.25) is 0 Å². The van der Waals surface area contributed by atoms with Crippen LogP contribution in [0.4, 0.5) is 5.82 Å². The van der Waals surface area contributed by atoms with Crippen molar-refractivity contribution in [3.63, 3.8) is 0 Å². The summed E-state index contributed by atoms with van der Waals surface area (Å²) in [6.07, 6.45) is 0.627. The van der Waals surface area contributed by atoms with E-state index in [-0.39, 0.29) is 29.7 Å². The standard InChI is InChI=1S/C22H31ClN4O3/c1-16-7-9-17(10-8-16)27-19(13-18(25-27)22(2,3)4)24-20(28)15-26(21(29)14-23)11-6-12-30-5/h7-10,13H,6,11-12,14-15H2,1-5H3,(H,24,28). The number of carbonyl (C=O) groups excluding carboxylic acids is 2. The third kappa shape index (κ3) is 6.57. The van der Waals surface area contributed by atoms with Crippen molar-refractivity contribution in [2.24, 2.45) is 0 Å². The van der Waals surface area contributed by atoms with Crippen LogP contribution in [0.1, 0.15) is 38.4 Å². The van der Waals surface area contributed by atoms with Crippen LogP contribution in [0.25, 0.3) is 5.69 Å². The number of anilines is 1. The minimum Gasteiger partial charge on any atom is -0.385 e. The van der Waals surface area contributed by atoms with Gasteiger partial charge in [0, 0.05) is 31.7 Å². The van der Waals surface area contributed by atoms with Crippen molar-refractivity contribution < 1.29 is 14.3 Å². The zero-order valence-electron chi connectivity index (χ0n) is 18.4. The van der Waals surface area contributed by atoms with E-state index in [1.807, 2.05) is 37.3 Å². The van der Waals surface area contributed by atoms with Gasteiger partial charge in [-0.2, -0.15) is 5.10 Å². The van der Waals surface area contributed by atoms with Crippen LogP contribution < -0.4 is 5.32 Å². The van der Waals surface area contributed by atoms with Gasteiger partial charge in [-0.05, 0) is 25.5 Å². The number of halogens is 1. The SMILES string of the molecule is COCCCN(CC(=O)Nc1cc(C(C)(C)C)nn1-c1ccc(C)cc1)C(=O)CCl. The molecule has 7 nitrogen and oxygen atoms in total. The van der Waals surface area contributed by atoms with E-state index in [4.69, 9.17) is 21.4 Å². The summed E-state index contributed by atoms with van der Waals surface area (Å²) >= 11 is 5.71. The normalized spacial score (nSPS) is 11.4. The molecule has 164 valence electrons. The summed E-state index contributed by atoms with van der Waals surface area (Å²) in [5, 5.41) is 7.62. The molecule has 0 atom stereocenters. The highest BCUT2D eigenvalue weighted by atomic mass is 35.5. The van der Waals surface area contributed by atoms with Crippen LogP contribution in [0.15, 0.2) is 30.3 Å². The molecule has 1 aromatic heterocycles. The van der Waals surface area contributed by atoms with E-state index < -0.39 is 0 Å². The predicted octanol–water partition coefficient (Wildman–Crippen LogP) is 3.52. The lowest BCUT2D eigenvalue weighted by Crippen LogP contribution is -2.39. The molecule has 0 radical (unpaired) electrons. The Bertz CT molecular complexity index is 856. The number of hydrogen-bond acceptors (Lipinski definition) is 4. The van der Waals surface area contributed by atoms with E-state index in [9.17, 15) is 9.59 Å². The fourth-order valence-corrected chi connectivity index (χ4v) is 3.02. The van der Waals surface area contributed by atoms with Gasteiger partial charge in [0.2, 0.25) is 11.8 Å². The van der Waals surface area contributed by atoms with Crippen molar-refractivity contribution in [2.45, 2.75) is 39.5 Å². The van der Waals surface area contributed by atoms with Gasteiger partial charge in [0.15, 0.2) is 0 Å². The second kappa shape index (κ2) is 10.6. The summed E-state index contributed by atoms with van der Waals surface area (Å²) in [6.45, 7) is 9.03. The number of aryl methyl sites for hydroxylation is 1. The minimum atomic E-state index is -0.306. The lowest BCUT2D eigenvalue weighted by atomic mass is 9.92. The van der Waals surface area contributed by atoms with Gasteiger partial charge >= 0.3 is 0 Å². The van der Waals surface area contributed by atoms with Crippen molar-refractivity contribution in [1.82, 2.24) is 14.7 Å². The average Bonchev–Trinajstić information content (AvgIpc) is 3.11. The van der Waals surface area contributed by atoms with Crippen molar-refractivity contribution >= 4 is 29.2 Å². The van der Waals surface area contributed by atoms with Gasteiger partial charge in [0.1, 0.15) is 11.7 Å². The van der Waals surface area contributed by atoms with Crippen molar-refractivity contribution in [1.29, 1.82) is 0 Å². The monoisotopic (exact) mass is 434 g/mol. The van der Waals surface area contributed by atoms with Gasteiger partial charge in [-0.25, -0.2) is 4.68 Å². The second-order valence-electron chi connectivity index (χ2n) is 8.26. The molecule has 0 aliphatic heterocycles. The molecule has 0 spiro atoms. The number of ether oxygens (including phenoxy) is 1. The number of aromatic nitrogens is 2. The molecule has 0 fully saturated rings. The van der Waals surface area contributed by atoms with Gasteiger partial charge in [0.05, 0.1) is 17.9 Å². The summed E-state index contributed by atoms with van der Waals surface area (Å²) in [7, 11) is 1.60. The minimum absolute atomic E-state index is 0.0841. The molecule has 8 heteroatoms. The van der Waals surface area contributed by atoms with Gasteiger partial charge in [-0.1, -0.05) is 38.5 Å². The Labute approximate surface area is 183 Å². The van der Waals surface area contributed by atoms with Crippen LogP contribution >= 0.6 is 11.6 Å². The number of methoxy groups -OCH3 is 1. The number of amides is 2. The van der Waals surface area contributed by atoms with E-state index in [1.165, 1.54) is 4.90 Å². The van der Waals surface area contributed by atoms with E-state index >= 15 is 0 Å². The Hall–Kier alpha value is -2.38. The Balaban J connectivity index is 2.24. The fourth-order valence-electron chi connectivity index (χ4n) is 2.85. The molecule has 2 rings (SSSR count). The molecular weight excluding hydrogens is 404 g/mol. The Morgan fingerprint density at radius 2 is 1.90 bits per heavy atom. The topological polar surface area (TPSA) is 76.5 Å². The smallest absolute Gasteiger partial charge is 0.245 e. The second-order valence-corrected chi connectivity index (χ2v) is 8.52. The molecule has 0 saturated heterocycles. The van der Waals surface area contributed by atoms with Crippen molar-refractivity contribution in [3.8, 4) is 5.69 Å². The van der Waals surface area contributed by atoms with Crippen molar-refractivity contribution in [2.75, 3.05) is 38.0 Å². The van der Waals surface area contributed by atoms with Crippen LogP contribution in [-0.2, 0) is 19.7 Å². The van der Waals surface area contributed by atoms with E-state index in [0.29, 0.717) is 25.4 Å². The first-order valence-corrected chi connectivity index (χ1v) is 10.5. The zero-order chi connectivity index (χ0) is 22.3. The highest BCUT2D eigenvalue weighted by Crippen LogP contribution is 2.26. The Morgan fingerprint density at radius 1 is 1.23 bits per heavy atom. The number of nitrogens with one attached hydrogen (secondary N) is 1. The maximum atomic E-state index is 12.8. The summed E-state index contributed by atoms with van der Waals surface area (Å²) in [5.41, 5.74) is 2.65. The lowest BCUT2D eigenvalue weighted by molar-refractivity contribution is -0.132. The Morgan fingerprint density at radius 3 is 2.47 bits per heavy atom. The molecule has 2 amide bonds. The summed E-state index contributed by atoms with van der Waals surface area (Å²) in [6, 6.07) is 9.78. The van der Waals surface area contributed by atoms with E-state index in [2.05, 4.69) is 26.1 Å². The van der Waals surface area contributed by atoms with Crippen LogP contribution in [-0.4, -0.2) is 59.2 Å². The number of carbonyl (C=O) groups is 2. The third-order valence-electron chi connectivity index (χ3n) is 4.60. The highest BCUT2D eigenvalue weighted by Gasteiger charge is 2.23. The molecular formula is C22H31ClN4O3. The average molecular weight is 435 g/mol. The van der Waals surface area contributed by atoms with Crippen molar-refractivity contribution in [3.05, 3.63) is 41.6 Å². The van der Waals surface area contributed by atoms with Gasteiger partial charge in [0.25, 0.3) is 0 Å². The molecule has 30 heavy (non-hydrogen) atoms. The number of nitrogens with zero attached hydrogens (tertiary/aromatic N) is 3. The number of alkyl halides is 1. The first kappa shape index (κ1) is 23.9. The van der Waals surface area contributed by atoms with Gasteiger partial charge in [-0.3, -0.25) is 9.59 Å². The quantitative estimate of drug-likeness (QED) is 0.484. The predicted molar refractivity (Wildman–Crippen MR) is 119 cm³/mol. The largest absolute Gasteiger partial charge is 0.385 e. The first-order chi connectivity index (χ1) is 14.2. The zero-order valence-corrected chi connectivity index (χ0v) is 19.1. The molecule has 0 bridgehead atoms. The van der Waals surface area contributed by atoms with Crippen LogP contribution in [0.5, 0.6) is 0 Å². The first-order valence-electron chi connectivity index (χ1n) is 9.96. The number of benzene rings is 1. The molecule has 0 aliphatic rings. The molecule has 0 unspecified atom stereocenters. The summed E-state index contributed by atoms with van der Waals surface area (Å²) in [4.78, 5) is 26.3. The van der Waals surface area contributed by atoms with Gasteiger partial charge < -0.3 is 15.0 Å². The molecule has 0 aliphatic carbocycles. The fraction of sp³-hybridized carbons (Fsp3) is 0.500.